The number of nitrogens with zero attached hydrogens (tertiary/aromatic N) is 3. The quantitative estimate of drug-likeness (QED) is 0.271. The lowest BCUT2D eigenvalue weighted by Crippen LogP contribution is -2.33. The fourth-order valence-corrected chi connectivity index (χ4v) is 6.07. The highest BCUT2D eigenvalue weighted by Gasteiger charge is 2.32. The van der Waals surface area contributed by atoms with Crippen LogP contribution in [0.2, 0.25) is 0 Å². The van der Waals surface area contributed by atoms with Crippen molar-refractivity contribution >= 4 is 34.1 Å². The Morgan fingerprint density at radius 1 is 1.09 bits per heavy atom. The molecule has 10 nitrogen and oxygen atoms in total. The first-order valence-electron chi connectivity index (χ1n) is 13.6. The number of hydrogen-bond donors (Lipinski definition) is 3. The fraction of sp³-hybridized carbons (Fsp3) is 0.267. The van der Waals surface area contributed by atoms with Crippen molar-refractivity contribution in [2.24, 2.45) is 7.05 Å². The van der Waals surface area contributed by atoms with Gasteiger partial charge in [0.25, 0.3) is 5.91 Å². The van der Waals surface area contributed by atoms with Crippen molar-refractivity contribution in [2.75, 3.05) is 14.2 Å². The van der Waals surface area contributed by atoms with Crippen LogP contribution in [-0.4, -0.2) is 51.3 Å². The van der Waals surface area contributed by atoms with Gasteiger partial charge in [-0.2, -0.15) is 0 Å². The number of fused-ring (bicyclic) bond motifs is 3. The molecule has 2 aromatic carbocycles. The van der Waals surface area contributed by atoms with Crippen molar-refractivity contribution in [1.82, 2.24) is 29.7 Å². The second kappa shape index (κ2) is 10.6. The Labute approximate surface area is 242 Å². The highest BCUT2D eigenvalue weighted by molar-refractivity contribution is 6.14. The Morgan fingerprint density at radius 3 is 2.51 bits per heavy atom. The maximum Gasteiger partial charge on any atom is 0.407 e. The average Bonchev–Trinajstić information content (AvgIpc) is 3.67. The fourth-order valence-electron chi connectivity index (χ4n) is 6.07. The zero-order chi connectivity index (χ0) is 30.6. The van der Waals surface area contributed by atoms with Crippen LogP contribution in [0, 0.1) is 17.5 Å². The number of nitrogens with one attached hydrogen (secondary N) is 3. The molecule has 3 N–H and O–H groups in total. The molecule has 2 amide bonds. The van der Waals surface area contributed by atoms with Crippen LogP contribution in [0.3, 0.4) is 0 Å². The van der Waals surface area contributed by atoms with Gasteiger partial charge in [0.05, 0.1) is 35.4 Å². The van der Waals surface area contributed by atoms with Gasteiger partial charge in [0.1, 0.15) is 28.7 Å². The van der Waals surface area contributed by atoms with Crippen molar-refractivity contribution in [3.63, 3.8) is 0 Å². The van der Waals surface area contributed by atoms with E-state index in [-0.39, 0.29) is 29.0 Å². The molecule has 5 aromatic rings. The summed E-state index contributed by atoms with van der Waals surface area (Å²) < 4.78 is 52.7. The zero-order valence-electron chi connectivity index (χ0n) is 23.4. The SMILES string of the molecule is CNC(=O)c1c(F)cc(-c2[nH]c3ncc4c(c3c2-c2cccc(F)c2)n([C@@H]2CC[C@@H](NC(=O)OC)C2)c(=O)n4C)cc1F. The molecule has 3 heterocycles. The molecule has 0 radical (unpaired) electrons. The number of aromatic amines is 1. The lowest BCUT2D eigenvalue weighted by atomic mass is 9.97. The number of aromatic nitrogens is 4. The van der Waals surface area contributed by atoms with Crippen LogP contribution >= 0.6 is 0 Å². The normalized spacial score (nSPS) is 16.6. The van der Waals surface area contributed by atoms with Crippen molar-refractivity contribution in [3.8, 4) is 22.4 Å². The molecule has 6 rings (SSSR count). The minimum absolute atomic E-state index is 0.0566. The maximum absolute atomic E-state index is 15.1. The monoisotopic (exact) mass is 592 g/mol. The number of rotatable bonds is 5. The van der Waals surface area contributed by atoms with Crippen LogP contribution in [0.15, 0.2) is 47.4 Å². The largest absolute Gasteiger partial charge is 0.453 e. The molecule has 0 unspecified atom stereocenters. The number of carbonyl (C=O) groups excluding carboxylic acids is 2. The minimum Gasteiger partial charge on any atom is -0.453 e. The summed E-state index contributed by atoms with van der Waals surface area (Å²) in [7, 11) is 4.16. The number of imidazole rings is 1. The number of benzene rings is 2. The lowest BCUT2D eigenvalue weighted by molar-refractivity contribution is 0.0954. The molecule has 13 heteroatoms. The number of hydrogen-bond acceptors (Lipinski definition) is 5. The Balaban J connectivity index is 1.64. The first kappa shape index (κ1) is 28.1. The predicted octanol–water partition coefficient (Wildman–Crippen LogP) is 4.78. The van der Waals surface area contributed by atoms with E-state index < -0.39 is 35.0 Å². The molecule has 0 bridgehead atoms. The van der Waals surface area contributed by atoms with Gasteiger partial charge in [0, 0.05) is 37.3 Å². The number of pyridine rings is 1. The average molecular weight is 593 g/mol. The van der Waals surface area contributed by atoms with Crippen LogP contribution in [0.4, 0.5) is 18.0 Å². The molecule has 1 saturated carbocycles. The van der Waals surface area contributed by atoms with Gasteiger partial charge >= 0.3 is 11.8 Å². The maximum atomic E-state index is 15.1. The van der Waals surface area contributed by atoms with Gasteiger partial charge in [0.2, 0.25) is 0 Å². The van der Waals surface area contributed by atoms with Gasteiger partial charge in [-0.25, -0.2) is 27.7 Å². The number of amides is 2. The lowest BCUT2D eigenvalue weighted by Gasteiger charge is -2.15. The zero-order valence-corrected chi connectivity index (χ0v) is 23.4. The van der Waals surface area contributed by atoms with E-state index in [0.717, 1.165) is 12.1 Å². The van der Waals surface area contributed by atoms with E-state index in [1.807, 2.05) is 0 Å². The number of halogens is 3. The standard InChI is InChI=1S/C30H27F3N6O4/c1-34-28(40)23-19(32)10-15(11-20(23)33)25-22(14-5-4-6-16(31)9-14)24-26-21(13-35-27(24)37-25)38(2)30(42)39(26)18-8-7-17(12-18)36-29(41)43-3/h4-6,9-11,13,17-18H,7-8,12H2,1-3H3,(H,34,40)(H,35,37)(H,36,41)/t17-,18-/m1/s1. The second-order valence-corrected chi connectivity index (χ2v) is 10.5. The van der Waals surface area contributed by atoms with Gasteiger partial charge < -0.3 is 20.4 Å². The van der Waals surface area contributed by atoms with Gasteiger partial charge in [-0.3, -0.25) is 13.9 Å². The van der Waals surface area contributed by atoms with Gasteiger partial charge in [-0.05, 0) is 49.1 Å². The summed E-state index contributed by atoms with van der Waals surface area (Å²) >= 11 is 0. The smallest absolute Gasteiger partial charge is 0.407 e. The first-order chi connectivity index (χ1) is 20.6. The predicted molar refractivity (Wildman–Crippen MR) is 153 cm³/mol. The van der Waals surface area contributed by atoms with Crippen LogP contribution in [0.1, 0.15) is 35.7 Å². The molecule has 0 saturated heterocycles. The molecular formula is C30H27F3N6O4. The summed E-state index contributed by atoms with van der Waals surface area (Å²) in [5.74, 6) is -3.62. The molecular weight excluding hydrogens is 565 g/mol. The minimum atomic E-state index is -1.08. The molecule has 3 aromatic heterocycles. The number of carbonyl (C=O) groups is 2. The molecule has 43 heavy (non-hydrogen) atoms. The van der Waals surface area contributed by atoms with Crippen molar-refractivity contribution in [2.45, 2.75) is 31.3 Å². The Kier molecular flexibility index (Phi) is 6.95. The summed E-state index contributed by atoms with van der Waals surface area (Å²) in [6, 6.07) is 7.25. The van der Waals surface area contributed by atoms with Crippen LogP contribution in [0.25, 0.3) is 44.5 Å². The van der Waals surface area contributed by atoms with Gasteiger partial charge in [-0.1, -0.05) is 12.1 Å². The number of alkyl carbamates (subject to hydrolysis) is 1. The highest BCUT2D eigenvalue weighted by Crippen LogP contribution is 2.43. The summed E-state index contributed by atoms with van der Waals surface area (Å²) in [6.07, 6.45) is 2.62. The summed E-state index contributed by atoms with van der Waals surface area (Å²) in [6.45, 7) is 0. The van der Waals surface area contributed by atoms with E-state index >= 15 is 8.78 Å². The third kappa shape index (κ3) is 4.60. The molecule has 0 aliphatic heterocycles. The van der Waals surface area contributed by atoms with E-state index in [2.05, 4.69) is 20.6 Å². The number of methoxy groups -OCH3 is 1. The third-order valence-electron chi connectivity index (χ3n) is 8.05. The molecule has 1 fully saturated rings. The van der Waals surface area contributed by atoms with Gasteiger partial charge in [-0.15, -0.1) is 0 Å². The Morgan fingerprint density at radius 2 is 1.84 bits per heavy atom. The van der Waals surface area contributed by atoms with E-state index in [4.69, 9.17) is 4.74 Å². The molecule has 1 aliphatic carbocycles. The van der Waals surface area contributed by atoms with Crippen molar-refractivity contribution in [1.29, 1.82) is 0 Å². The van der Waals surface area contributed by atoms with Crippen molar-refractivity contribution < 1.29 is 27.5 Å². The van der Waals surface area contributed by atoms with E-state index in [1.165, 1.54) is 43.1 Å². The van der Waals surface area contributed by atoms with Gasteiger partial charge in [0.15, 0.2) is 0 Å². The third-order valence-corrected chi connectivity index (χ3v) is 8.05. The highest BCUT2D eigenvalue weighted by atomic mass is 19.1. The molecule has 1 aliphatic rings. The Bertz CT molecular complexity index is 1970. The van der Waals surface area contributed by atoms with E-state index in [1.54, 1.807) is 17.7 Å². The number of H-pyrrole nitrogens is 1. The summed E-state index contributed by atoms with van der Waals surface area (Å²) in [5.41, 5.74) is 1.30. The molecule has 222 valence electrons. The van der Waals surface area contributed by atoms with Crippen LogP contribution in [0.5, 0.6) is 0 Å². The van der Waals surface area contributed by atoms with E-state index in [9.17, 15) is 18.8 Å². The van der Waals surface area contributed by atoms with Crippen LogP contribution in [-0.2, 0) is 11.8 Å². The van der Waals surface area contributed by atoms with E-state index in [0.29, 0.717) is 52.5 Å². The topological polar surface area (TPSA) is 123 Å². The number of aryl methyl sites for hydroxylation is 1. The van der Waals surface area contributed by atoms with Crippen molar-refractivity contribution in [3.05, 3.63) is 76.1 Å². The molecule has 2 atom stereocenters. The molecule has 0 spiro atoms. The van der Waals surface area contributed by atoms with Crippen LogP contribution < -0.4 is 16.3 Å². The second-order valence-electron chi connectivity index (χ2n) is 10.5. The number of ether oxygens (including phenoxy) is 1. The summed E-state index contributed by atoms with van der Waals surface area (Å²) in [5, 5.41) is 5.47. The Hall–Kier alpha value is -5.07. The summed E-state index contributed by atoms with van der Waals surface area (Å²) in [4.78, 5) is 45.3. The first-order valence-corrected chi connectivity index (χ1v) is 13.6.